The molecule has 2 rings (SSSR count). The standard InChI is InChI=1S/C17H16O3/c1-3-4-14-10-13(6-8-17(14)20-2)15-9-12(11-18)5-7-16(15)19/h3,5-11,19H,1,4H2,2H3. The van der Waals surface area contributed by atoms with Gasteiger partial charge in [-0.1, -0.05) is 12.1 Å². The number of hydrogen-bond donors (Lipinski definition) is 1. The van der Waals surface area contributed by atoms with Gasteiger partial charge in [-0.05, 0) is 47.9 Å². The SMILES string of the molecule is C=CCc1cc(-c2cc(C=O)ccc2O)ccc1OC. The topological polar surface area (TPSA) is 46.5 Å². The molecule has 0 fully saturated rings. The van der Waals surface area contributed by atoms with Crippen molar-refractivity contribution < 1.29 is 14.6 Å². The Kier molecular flexibility index (Phi) is 4.20. The number of hydrogen-bond acceptors (Lipinski definition) is 3. The Hall–Kier alpha value is -2.55. The maximum absolute atomic E-state index is 10.9. The highest BCUT2D eigenvalue weighted by atomic mass is 16.5. The fourth-order valence-corrected chi connectivity index (χ4v) is 2.12. The molecule has 2 aromatic carbocycles. The van der Waals surface area contributed by atoms with Gasteiger partial charge >= 0.3 is 0 Å². The van der Waals surface area contributed by atoms with Crippen molar-refractivity contribution in [1.29, 1.82) is 0 Å². The second-order valence-corrected chi connectivity index (χ2v) is 4.41. The molecule has 0 aliphatic carbocycles. The third-order valence-corrected chi connectivity index (χ3v) is 3.11. The zero-order valence-corrected chi connectivity index (χ0v) is 11.3. The van der Waals surface area contributed by atoms with Crippen molar-refractivity contribution >= 4 is 6.29 Å². The van der Waals surface area contributed by atoms with Crippen LogP contribution < -0.4 is 4.74 Å². The van der Waals surface area contributed by atoms with Crippen LogP contribution in [0.4, 0.5) is 0 Å². The summed E-state index contributed by atoms with van der Waals surface area (Å²) in [6.45, 7) is 3.73. The van der Waals surface area contributed by atoms with Gasteiger partial charge in [0.15, 0.2) is 0 Å². The van der Waals surface area contributed by atoms with Gasteiger partial charge in [0, 0.05) is 11.1 Å². The molecule has 0 atom stereocenters. The van der Waals surface area contributed by atoms with Crippen molar-refractivity contribution in [2.24, 2.45) is 0 Å². The van der Waals surface area contributed by atoms with Crippen molar-refractivity contribution in [1.82, 2.24) is 0 Å². The molecule has 0 heterocycles. The van der Waals surface area contributed by atoms with E-state index in [0.717, 1.165) is 23.2 Å². The molecule has 0 saturated carbocycles. The van der Waals surface area contributed by atoms with E-state index in [4.69, 9.17) is 4.74 Å². The van der Waals surface area contributed by atoms with Crippen LogP contribution in [0.3, 0.4) is 0 Å². The highest BCUT2D eigenvalue weighted by molar-refractivity contribution is 5.81. The average Bonchev–Trinajstić information content (AvgIpc) is 2.48. The summed E-state index contributed by atoms with van der Waals surface area (Å²) in [6, 6.07) is 10.4. The minimum absolute atomic E-state index is 0.144. The molecular formula is C17H16O3. The third-order valence-electron chi connectivity index (χ3n) is 3.11. The first-order valence-electron chi connectivity index (χ1n) is 6.26. The Morgan fingerprint density at radius 1 is 1.25 bits per heavy atom. The molecule has 0 bridgehead atoms. The van der Waals surface area contributed by atoms with E-state index in [2.05, 4.69) is 6.58 Å². The number of phenols is 1. The molecule has 1 N–H and O–H groups in total. The Labute approximate surface area is 118 Å². The van der Waals surface area contributed by atoms with Gasteiger partial charge in [0.1, 0.15) is 17.8 Å². The van der Waals surface area contributed by atoms with Gasteiger partial charge in [-0.2, -0.15) is 0 Å². The Bertz CT molecular complexity index is 645. The van der Waals surface area contributed by atoms with Gasteiger partial charge < -0.3 is 9.84 Å². The maximum atomic E-state index is 10.9. The second kappa shape index (κ2) is 6.06. The number of aldehydes is 1. The van der Waals surface area contributed by atoms with Gasteiger partial charge in [-0.3, -0.25) is 4.79 Å². The molecule has 0 amide bonds. The molecular weight excluding hydrogens is 252 g/mol. The molecule has 0 aromatic heterocycles. The van der Waals surface area contributed by atoms with E-state index in [1.54, 1.807) is 25.3 Å². The predicted molar refractivity (Wildman–Crippen MR) is 79.4 cm³/mol. The lowest BCUT2D eigenvalue weighted by atomic mass is 9.98. The Balaban J connectivity index is 2.54. The van der Waals surface area contributed by atoms with Crippen molar-refractivity contribution in [2.75, 3.05) is 7.11 Å². The van der Waals surface area contributed by atoms with Gasteiger partial charge in [-0.15, -0.1) is 6.58 Å². The van der Waals surface area contributed by atoms with Gasteiger partial charge in [0.2, 0.25) is 0 Å². The summed E-state index contributed by atoms with van der Waals surface area (Å²) in [5.41, 5.74) is 2.97. The molecule has 0 saturated heterocycles. The predicted octanol–water partition coefficient (Wildman–Crippen LogP) is 3.61. The number of allylic oxidation sites excluding steroid dienone is 1. The number of rotatable bonds is 5. The first-order valence-corrected chi connectivity index (χ1v) is 6.26. The van der Waals surface area contributed by atoms with Gasteiger partial charge in [-0.25, -0.2) is 0 Å². The van der Waals surface area contributed by atoms with Crippen molar-refractivity contribution in [3.8, 4) is 22.6 Å². The van der Waals surface area contributed by atoms with E-state index >= 15 is 0 Å². The van der Waals surface area contributed by atoms with Crippen LogP contribution >= 0.6 is 0 Å². The van der Waals surface area contributed by atoms with E-state index in [0.29, 0.717) is 17.5 Å². The minimum Gasteiger partial charge on any atom is -0.507 e. The lowest BCUT2D eigenvalue weighted by Crippen LogP contribution is -1.92. The van der Waals surface area contributed by atoms with Crippen LogP contribution in [-0.2, 0) is 6.42 Å². The monoisotopic (exact) mass is 268 g/mol. The number of benzene rings is 2. The summed E-state index contributed by atoms with van der Waals surface area (Å²) in [6.07, 6.45) is 3.23. The van der Waals surface area contributed by atoms with Crippen molar-refractivity contribution in [3.63, 3.8) is 0 Å². The summed E-state index contributed by atoms with van der Waals surface area (Å²) < 4.78 is 5.30. The second-order valence-electron chi connectivity index (χ2n) is 4.41. The van der Waals surface area contributed by atoms with E-state index < -0.39 is 0 Å². The number of carbonyl (C=O) groups excluding carboxylic acids is 1. The number of carbonyl (C=O) groups is 1. The molecule has 0 unspecified atom stereocenters. The number of ether oxygens (including phenoxy) is 1. The largest absolute Gasteiger partial charge is 0.507 e. The molecule has 102 valence electrons. The highest BCUT2D eigenvalue weighted by Crippen LogP contribution is 2.33. The van der Waals surface area contributed by atoms with E-state index in [-0.39, 0.29) is 5.75 Å². The maximum Gasteiger partial charge on any atom is 0.150 e. The summed E-state index contributed by atoms with van der Waals surface area (Å²) in [4.78, 5) is 10.9. The third kappa shape index (κ3) is 2.72. The summed E-state index contributed by atoms with van der Waals surface area (Å²) in [5.74, 6) is 0.921. The van der Waals surface area contributed by atoms with Crippen LogP contribution in [0.15, 0.2) is 49.1 Å². The van der Waals surface area contributed by atoms with Gasteiger partial charge in [0.25, 0.3) is 0 Å². The van der Waals surface area contributed by atoms with Crippen molar-refractivity contribution in [3.05, 3.63) is 60.2 Å². The number of aromatic hydroxyl groups is 1. The molecule has 0 spiro atoms. The molecule has 2 aromatic rings. The van der Waals surface area contributed by atoms with Crippen LogP contribution in [0, 0.1) is 0 Å². The minimum atomic E-state index is 0.144. The van der Waals surface area contributed by atoms with Crippen LogP contribution in [-0.4, -0.2) is 18.5 Å². The molecule has 3 nitrogen and oxygen atoms in total. The zero-order chi connectivity index (χ0) is 14.5. The van der Waals surface area contributed by atoms with Crippen LogP contribution in [0.5, 0.6) is 11.5 Å². The molecule has 20 heavy (non-hydrogen) atoms. The van der Waals surface area contributed by atoms with E-state index in [1.165, 1.54) is 6.07 Å². The molecule has 0 aliphatic rings. The molecule has 3 heteroatoms. The first kappa shape index (κ1) is 13.9. The lowest BCUT2D eigenvalue weighted by Gasteiger charge is -2.11. The van der Waals surface area contributed by atoms with E-state index in [1.807, 2.05) is 18.2 Å². The smallest absolute Gasteiger partial charge is 0.150 e. The quantitative estimate of drug-likeness (QED) is 0.665. The summed E-state index contributed by atoms with van der Waals surface area (Å²) >= 11 is 0. The van der Waals surface area contributed by atoms with Crippen LogP contribution in [0.1, 0.15) is 15.9 Å². The zero-order valence-electron chi connectivity index (χ0n) is 11.3. The Morgan fingerprint density at radius 2 is 2.05 bits per heavy atom. The van der Waals surface area contributed by atoms with Gasteiger partial charge in [0.05, 0.1) is 7.11 Å². The number of methoxy groups -OCH3 is 1. The lowest BCUT2D eigenvalue weighted by molar-refractivity contribution is 0.112. The Morgan fingerprint density at radius 3 is 2.70 bits per heavy atom. The molecule has 0 radical (unpaired) electrons. The first-order chi connectivity index (χ1) is 9.69. The van der Waals surface area contributed by atoms with E-state index in [9.17, 15) is 9.90 Å². The fourth-order valence-electron chi connectivity index (χ4n) is 2.12. The van der Waals surface area contributed by atoms with Crippen LogP contribution in [0.2, 0.25) is 0 Å². The molecule has 0 aliphatic heterocycles. The average molecular weight is 268 g/mol. The summed E-state index contributed by atoms with van der Waals surface area (Å²) in [5, 5.41) is 9.96. The van der Waals surface area contributed by atoms with Crippen molar-refractivity contribution in [2.45, 2.75) is 6.42 Å². The summed E-state index contributed by atoms with van der Waals surface area (Å²) in [7, 11) is 1.62. The number of phenolic OH excluding ortho intramolecular Hbond substituents is 1. The van der Waals surface area contributed by atoms with Crippen LogP contribution in [0.25, 0.3) is 11.1 Å². The highest BCUT2D eigenvalue weighted by Gasteiger charge is 2.09. The normalized spacial score (nSPS) is 10.1. The fraction of sp³-hybridized carbons (Fsp3) is 0.118.